The van der Waals surface area contributed by atoms with Gasteiger partial charge < -0.3 is 4.90 Å². The summed E-state index contributed by atoms with van der Waals surface area (Å²) in [5, 5.41) is 0.966. The molecule has 1 aliphatic heterocycles. The largest absolute Gasteiger partial charge is 0.342 e. The quantitative estimate of drug-likeness (QED) is 0.675. The summed E-state index contributed by atoms with van der Waals surface area (Å²) in [6, 6.07) is 12.9. The molecule has 8 heteroatoms. The molecule has 0 bridgehead atoms. The van der Waals surface area contributed by atoms with Gasteiger partial charge in [-0.3, -0.25) is 4.79 Å². The molecule has 0 saturated carbocycles. The highest BCUT2D eigenvalue weighted by Gasteiger charge is 2.29. The van der Waals surface area contributed by atoms with Gasteiger partial charge in [-0.25, -0.2) is 8.42 Å². The second kappa shape index (κ2) is 9.27. The molecular weight excluding hydrogens is 419 g/mol. The fraction of sp³-hybridized carbons (Fsp3) is 0.350. The van der Waals surface area contributed by atoms with Crippen LogP contribution in [0.3, 0.4) is 0 Å². The van der Waals surface area contributed by atoms with Crippen molar-refractivity contribution in [3.05, 3.63) is 64.1 Å². The van der Waals surface area contributed by atoms with E-state index in [-0.39, 0.29) is 23.9 Å². The minimum absolute atomic E-state index is 0.0606. The first kappa shape index (κ1) is 21.1. The van der Waals surface area contributed by atoms with E-state index in [1.165, 1.54) is 28.6 Å². The van der Waals surface area contributed by atoms with Crippen LogP contribution >= 0.6 is 23.2 Å². The van der Waals surface area contributed by atoms with Gasteiger partial charge in [-0.05, 0) is 61.2 Å². The zero-order chi connectivity index (χ0) is 20.1. The summed E-state index contributed by atoms with van der Waals surface area (Å²) in [6.07, 6.45) is 2.99. The van der Waals surface area contributed by atoms with Gasteiger partial charge in [0.1, 0.15) is 0 Å². The number of piperidine rings is 1. The number of carbonyl (C=O) groups is 1. The number of sulfonamides is 1. The van der Waals surface area contributed by atoms with Crippen molar-refractivity contribution in [2.45, 2.75) is 30.7 Å². The molecule has 1 heterocycles. The van der Waals surface area contributed by atoms with Crippen molar-refractivity contribution in [1.82, 2.24) is 9.21 Å². The molecule has 0 aromatic heterocycles. The number of hydrogen-bond donors (Lipinski definition) is 0. The molecule has 5 nitrogen and oxygen atoms in total. The van der Waals surface area contributed by atoms with Gasteiger partial charge in [0.2, 0.25) is 15.9 Å². The Morgan fingerprint density at radius 1 is 0.964 bits per heavy atom. The average Bonchev–Trinajstić information content (AvgIpc) is 2.68. The van der Waals surface area contributed by atoms with E-state index in [0.29, 0.717) is 23.1 Å². The molecule has 0 spiro atoms. The Morgan fingerprint density at radius 3 is 2.29 bits per heavy atom. The topological polar surface area (TPSA) is 57.7 Å². The van der Waals surface area contributed by atoms with Gasteiger partial charge in [-0.2, -0.15) is 4.31 Å². The molecule has 1 aliphatic rings. The van der Waals surface area contributed by atoms with Gasteiger partial charge in [0, 0.05) is 29.7 Å². The number of rotatable bonds is 6. The molecule has 1 saturated heterocycles. The van der Waals surface area contributed by atoms with Gasteiger partial charge in [0.25, 0.3) is 0 Å². The monoisotopic (exact) mass is 440 g/mol. The van der Waals surface area contributed by atoms with E-state index in [2.05, 4.69) is 0 Å². The van der Waals surface area contributed by atoms with Crippen molar-refractivity contribution in [3.8, 4) is 0 Å². The van der Waals surface area contributed by atoms with E-state index >= 15 is 0 Å². The van der Waals surface area contributed by atoms with E-state index in [1.54, 1.807) is 29.2 Å². The summed E-state index contributed by atoms with van der Waals surface area (Å²) in [4.78, 5) is 14.6. The smallest absolute Gasteiger partial charge is 0.243 e. The Labute approximate surface area is 175 Å². The number of halogens is 2. The Morgan fingerprint density at radius 2 is 1.64 bits per heavy atom. The molecule has 0 N–H and O–H groups in total. The number of hydrogen-bond acceptors (Lipinski definition) is 3. The van der Waals surface area contributed by atoms with Crippen LogP contribution in [-0.4, -0.2) is 43.2 Å². The highest BCUT2D eigenvalue weighted by atomic mass is 35.5. The molecular formula is C20H22Cl2N2O3S. The number of carbonyl (C=O) groups excluding carboxylic acids is 1. The lowest BCUT2D eigenvalue weighted by atomic mass is 10.1. The Hall–Kier alpha value is -1.60. The molecule has 1 amide bonds. The number of likely N-dealkylation sites (tertiary alicyclic amines) is 1. The lowest BCUT2D eigenvalue weighted by Gasteiger charge is -2.29. The molecule has 0 atom stereocenters. The first-order chi connectivity index (χ1) is 13.4. The summed E-state index contributed by atoms with van der Waals surface area (Å²) in [5.41, 5.74) is 0.719. The predicted octanol–water partition coefficient (Wildman–Crippen LogP) is 4.20. The second-order valence-corrected chi connectivity index (χ2v) is 9.61. The normalized spacial score (nSPS) is 15.0. The Kier molecular flexibility index (Phi) is 6.99. The van der Waals surface area contributed by atoms with Crippen LogP contribution in [0.25, 0.3) is 0 Å². The third-order valence-electron chi connectivity index (χ3n) is 4.72. The lowest BCUT2D eigenvalue weighted by molar-refractivity contribution is -0.132. The van der Waals surface area contributed by atoms with Gasteiger partial charge >= 0.3 is 0 Å². The van der Waals surface area contributed by atoms with Crippen LogP contribution in [0.5, 0.6) is 0 Å². The standard InChI is InChI=1S/C20H22Cl2N2O3S/c21-17-7-9-19(10-8-17)28(26,27)24(14-16-5-4-6-18(22)13-16)15-20(25)23-11-2-1-3-12-23/h4-10,13H,1-3,11-12,14-15H2. The first-order valence-corrected chi connectivity index (χ1v) is 11.3. The molecule has 0 aliphatic carbocycles. The number of amides is 1. The van der Waals surface area contributed by atoms with Crippen LogP contribution in [0.4, 0.5) is 0 Å². The molecule has 3 rings (SSSR count). The van der Waals surface area contributed by atoms with Gasteiger partial charge in [-0.15, -0.1) is 0 Å². The fourth-order valence-corrected chi connectivity index (χ4v) is 4.93. The van der Waals surface area contributed by atoms with Crippen molar-refractivity contribution >= 4 is 39.1 Å². The molecule has 150 valence electrons. The van der Waals surface area contributed by atoms with Crippen LogP contribution in [0.1, 0.15) is 24.8 Å². The van der Waals surface area contributed by atoms with Crippen molar-refractivity contribution < 1.29 is 13.2 Å². The lowest BCUT2D eigenvalue weighted by Crippen LogP contribution is -2.44. The summed E-state index contributed by atoms with van der Waals surface area (Å²) in [7, 11) is -3.88. The zero-order valence-electron chi connectivity index (χ0n) is 15.4. The molecule has 1 fully saturated rings. The van der Waals surface area contributed by atoms with Crippen molar-refractivity contribution in [1.29, 1.82) is 0 Å². The molecule has 2 aromatic carbocycles. The maximum absolute atomic E-state index is 13.2. The minimum Gasteiger partial charge on any atom is -0.342 e. The van der Waals surface area contributed by atoms with Crippen LogP contribution in [-0.2, 0) is 21.4 Å². The van der Waals surface area contributed by atoms with Gasteiger partial charge in [-0.1, -0.05) is 35.3 Å². The summed E-state index contributed by atoms with van der Waals surface area (Å²) in [5.74, 6) is -0.181. The Bertz CT molecular complexity index is 927. The van der Waals surface area contributed by atoms with E-state index in [4.69, 9.17) is 23.2 Å². The zero-order valence-corrected chi connectivity index (χ0v) is 17.7. The Balaban J connectivity index is 1.88. The van der Waals surface area contributed by atoms with Crippen molar-refractivity contribution in [3.63, 3.8) is 0 Å². The van der Waals surface area contributed by atoms with Gasteiger partial charge in [0.15, 0.2) is 0 Å². The van der Waals surface area contributed by atoms with Crippen LogP contribution in [0, 0.1) is 0 Å². The maximum Gasteiger partial charge on any atom is 0.243 e. The van der Waals surface area contributed by atoms with Crippen molar-refractivity contribution in [2.75, 3.05) is 19.6 Å². The molecule has 0 unspecified atom stereocenters. The van der Waals surface area contributed by atoms with Crippen LogP contribution in [0.15, 0.2) is 53.4 Å². The fourth-order valence-electron chi connectivity index (χ4n) is 3.21. The third kappa shape index (κ3) is 5.26. The maximum atomic E-state index is 13.2. The third-order valence-corrected chi connectivity index (χ3v) is 7.01. The SMILES string of the molecule is O=C(CN(Cc1cccc(Cl)c1)S(=O)(=O)c1ccc(Cl)cc1)N1CCCCC1. The van der Waals surface area contributed by atoms with E-state index in [1.807, 2.05) is 0 Å². The molecule has 0 radical (unpaired) electrons. The van der Waals surface area contributed by atoms with E-state index in [0.717, 1.165) is 24.8 Å². The first-order valence-electron chi connectivity index (χ1n) is 9.14. The summed E-state index contributed by atoms with van der Waals surface area (Å²) in [6.45, 7) is 1.19. The summed E-state index contributed by atoms with van der Waals surface area (Å²) < 4.78 is 27.7. The van der Waals surface area contributed by atoms with Crippen LogP contribution in [0.2, 0.25) is 10.0 Å². The highest BCUT2D eigenvalue weighted by Crippen LogP contribution is 2.22. The highest BCUT2D eigenvalue weighted by molar-refractivity contribution is 7.89. The number of benzene rings is 2. The van der Waals surface area contributed by atoms with Crippen LogP contribution < -0.4 is 0 Å². The minimum atomic E-state index is -3.88. The van der Waals surface area contributed by atoms with E-state index in [9.17, 15) is 13.2 Å². The second-order valence-electron chi connectivity index (χ2n) is 6.80. The number of nitrogens with zero attached hydrogens (tertiary/aromatic N) is 2. The van der Waals surface area contributed by atoms with E-state index < -0.39 is 10.0 Å². The molecule has 2 aromatic rings. The predicted molar refractivity (Wildman–Crippen MR) is 111 cm³/mol. The van der Waals surface area contributed by atoms with Crippen molar-refractivity contribution in [2.24, 2.45) is 0 Å². The average molecular weight is 441 g/mol. The molecule has 28 heavy (non-hydrogen) atoms. The van der Waals surface area contributed by atoms with Gasteiger partial charge in [0.05, 0.1) is 11.4 Å². The summed E-state index contributed by atoms with van der Waals surface area (Å²) >= 11 is 11.9.